The molecule has 0 aliphatic heterocycles. The first kappa shape index (κ1) is 15.1. The third-order valence-electron chi connectivity index (χ3n) is 2.98. The number of nitrogens with one attached hydrogen (secondary N) is 1. The van der Waals surface area contributed by atoms with E-state index in [1.165, 1.54) is 11.6 Å². The number of nitrogens with zero attached hydrogens (tertiary/aromatic N) is 2. The van der Waals surface area contributed by atoms with Crippen molar-refractivity contribution in [2.75, 3.05) is 12.3 Å². The number of aromatic nitrogens is 2. The molecule has 5 heteroatoms. The summed E-state index contributed by atoms with van der Waals surface area (Å²) in [6, 6.07) is 6.96. The van der Waals surface area contributed by atoms with Gasteiger partial charge in [0, 0.05) is 35.5 Å². The van der Waals surface area contributed by atoms with Crippen LogP contribution in [-0.2, 0) is 7.05 Å². The second kappa shape index (κ2) is 7.45. The van der Waals surface area contributed by atoms with Gasteiger partial charge >= 0.3 is 0 Å². The monoisotopic (exact) mass is 293 g/mol. The maximum atomic E-state index is 13.2. The van der Waals surface area contributed by atoms with Crippen molar-refractivity contribution in [2.45, 2.75) is 24.3 Å². The Morgan fingerprint density at radius 2 is 2.30 bits per heavy atom. The summed E-state index contributed by atoms with van der Waals surface area (Å²) >= 11 is 1.66. The Morgan fingerprint density at radius 1 is 1.45 bits per heavy atom. The fourth-order valence-corrected chi connectivity index (χ4v) is 2.99. The highest BCUT2D eigenvalue weighted by Crippen LogP contribution is 2.25. The van der Waals surface area contributed by atoms with E-state index in [0.717, 1.165) is 23.6 Å². The van der Waals surface area contributed by atoms with Gasteiger partial charge in [0.1, 0.15) is 5.82 Å². The van der Waals surface area contributed by atoms with Crippen molar-refractivity contribution in [3.63, 3.8) is 0 Å². The van der Waals surface area contributed by atoms with Gasteiger partial charge in [0.05, 0.1) is 6.20 Å². The highest BCUT2D eigenvalue weighted by molar-refractivity contribution is 7.99. The molecule has 0 bridgehead atoms. The van der Waals surface area contributed by atoms with E-state index in [9.17, 15) is 4.39 Å². The molecule has 2 aromatic rings. The van der Waals surface area contributed by atoms with Crippen molar-refractivity contribution < 1.29 is 4.39 Å². The Morgan fingerprint density at radius 3 is 2.95 bits per heavy atom. The topological polar surface area (TPSA) is 29.9 Å². The SMILES string of the molecule is CCCNC(CSc1cccc(F)c1)c1cnn(C)c1. The zero-order valence-corrected chi connectivity index (χ0v) is 12.7. The normalized spacial score (nSPS) is 12.6. The van der Waals surface area contributed by atoms with Crippen LogP contribution >= 0.6 is 11.8 Å². The van der Waals surface area contributed by atoms with Crippen LogP contribution < -0.4 is 5.32 Å². The zero-order chi connectivity index (χ0) is 14.4. The molecule has 0 aliphatic rings. The Hall–Kier alpha value is -1.33. The number of hydrogen-bond donors (Lipinski definition) is 1. The van der Waals surface area contributed by atoms with E-state index < -0.39 is 0 Å². The molecule has 3 nitrogen and oxygen atoms in total. The number of rotatable bonds is 7. The van der Waals surface area contributed by atoms with Gasteiger partial charge in [-0.05, 0) is 31.2 Å². The lowest BCUT2D eigenvalue weighted by Crippen LogP contribution is -2.23. The van der Waals surface area contributed by atoms with Crippen molar-refractivity contribution in [1.29, 1.82) is 0 Å². The van der Waals surface area contributed by atoms with E-state index in [2.05, 4.69) is 17.3 Å². The van der Waals surface area contributed by atoms with Gasteiger partial charge in [-0.2, -0.15) is 5.10 Å². The molecule has 2 rings (SSSR count). The number of benzene rings is 1. The van der Waals surface area contributed by atoms with Gasteiger partial charge < -0.3 is 5.32 Å². The van der Waals surface area contributed by atoms with E-state index in [1.54, 1.807) is 23.9 Å². The standard InChI is InChI=1S/C15H20FN3S/c1-3-7-17-15(12-9-18-19(2)10-12)11-20-14-6-4-5-13(16)8-14/h4-6,8-10,15,17H,3,7,11H2,1-2H3. The molecular formula is C15H20FN3S. The van der Waals surface area contributed by atoms with Crippen LogP contribution in [0.15, 0.2) is 41.6 Å². The molecule has 20 heavy (non-hydrogen) atoms. The van der Waals surface area contributed by atoms with Crippen LogP contribution in [-0.4, -0.2) is 22.1 Å². The van der Waals surface area contributed by atoms with E-state index in [4.69, 9.17) is 0 Å². The molecule has 1 aromatic carbocycles. The van der Waals surface area contributed by atoms with Crippen LogP contribution in [0.2, 0.25) is 0 Å². The van der Waals surface area contributed by atoms with Crippen LogP contribution in [0.4, 0.5) is 4.39 Å². The second-order valence-electron chi connectivity index (χ2n) is 4.72. The predicted octanol–water partition coefficient (Wildman–Crippen LogP) is 3.39. The maximum absolute atomic E-state index is 13.2. The zero-order valence-electron chi connectivity index (χ0n) is 11.8. The van der Waals surface area contributed by atoms with Gasteiger partial charge in [-0.25, -0.2) is 4.39 Å². The number of halogens is 1. The van der Waals surface area contributed by atoms with E-state index >= 15 is 0 Å². The first-order chi connectivity index (χ1) is 9.69. The highest BCUT2D eigenvalue weighted by atomic mass is 32.2. The quantitative estimate of drug-likeness (QED) is 0.794. The average Bonchev–Trinajstić information content (AvgIpc) is 2.85. The molecule has 0 amide bonds. The molecule has 0 aliphatic carbocycles. The number of thioether (sulfide) groups is 1. The lowest BCUT2D eigenvalue weighted by molar-refractivity contribution is 0.576. The molecule has 0 saturated carbocycles. The molecule has 0 radical (unpaired) electrons. The van der Waals surface area contributed by atoms with Crippen LogP contribution in [0.3, 0.4) is 0 Å². The smallest absolute Gasteiger partial charge is 0.124 e. The van der Waals surface area contributed by atoms with Crippen molar-refractivity contribution in [2.24, 2.45) is 7.05 Å². The molecule has 1 aromatic heterocycles. The summed E-state index contributed by atoms with van der Waals surface area (Å²) in [5.74, 6) is 0.671. The largest absolute Gasteiger partial charge is 0.309 e. The van der Waals surface area contributed by atoms with Crippen molar-refractivity contribution in [3.05, 3.63) is 48.0 Å². The summed E-state index contributed by atoms with van der Waals surface area (Å²) in [4.78, 5) is 0.956. The fourth-order valence-electron chi connectivity index (χ4n) is 1.95. The predicted molar refractivity (Wildman–Crippen MR) is 81.4 cm³/mol. The highest BCUT2D eigenvalue weighted by Gasteiger charge is 2.13. The minimum absolute atomic E-state index is 0.186. The van der Waals surface area contributed by atoms with Crippen molar-refractivity contribution in [3.8, 4) is 0 Å². The molecule has 1 atom stereocenters. The van der Waals surface area contributed by atoms with Gasteiger partial charge in [0.2, 0.25) is 0 Å². The molecule has 0 spiro atoms. The maximum Gasteiger partial charge on any atom is 0.124 e. The van der Waals surface area contributed by atoms with Gasteiger partial charge in [0.25, 0.3) is 0 Å². The molecule has 0 saturated heterocycles. The number of hydrogen-bond acceptors (Lipinski definition) is 3. The van der Waals surface area contributed by atoms with Crippen molar-refractivity contribution >= 4 is 11.8 Å². The van der Waals surface area contributed by atoms with Crippen LogP contribution in [0.1, 0.15) is 24.9 Å². The molecule has 0 fully saturated rings. The summed E-state index contributed by atoms with van der Waals surface area (Å²) in [5.41, 5.74) is 1.17. The first-order valence-corrected chi connectivity index (χ1v) is 7.78. The summed E-state index contributed by atoms with van der Waals surface area (Å²) in [6.07, 6.45) is 5.00. The minimum Gasteiger partial charge on any atom is -0.309 e. The van der Waals surface area contributed by atoms with Crippen LogP contribution in [0.25, 0.3) is 0 Å². The summed E-state index contributed by atoms with van der Waals surface area (Å²) in [7, 11) is 1.92. The Bertz CT molecular complexity index is 541. The van der Waals surface area contributed by atoms with Crippen LogP contribution in [0.5, 0.6) is 0 Å². The molecule has 1 N–H and O–H groups in total. The third kappa shape index (κ3) is 4.35. The van der Waals surface area contributed by atoms with Crippen LogP contribution in [0, 0.1) is 5.82 Å². The van der Waals surface area contributed by atoms with E-state index in [1.807, 2.05) is 30.2 Å². The number of aryl methyl sites for hydroxylation is 1. The Kier molecular flexibility index (Phi) is 5.61. The van der Waals surface area contributed by atoms with Gasteiger partial charge in [-0.3, -0.25) is 4.68 Å². The fraction of sp³-hybridized carbons (Fsp3) is 0.400. The summed E-state index contributed by atoms with van der Waals surface area (Å²) in [5, 5.41) is 7.74. The summed E-state index contributed by atoms with van der Waals surface area (Å²) in [6.45, 7) is 3.11. The van der Waals surface area contributed by atoms with Gasteiger partial charge in [0.15, 0.2) is 0 Å². The first-order valence-electron chi connectivity index (χ1n) is 6.79. The van der Waals surface area contributed by atoms with Gasteiger partial charge in [-0.1, -0.05) is 13.0 Å². The Labute approximate surface area is 123 Å². The Balaban J connectivity index is 2.00. The lowest BCUT2D eigenvalue weighted by atomic mass is 10.2. The molecular weight excluding hydrogens is 273 g/mol. The van der Waals surface area contributed by atoms with Gasteiger partial charge in [-0.15, -0.1) is 11.8 Å². The third-order valence-corrected chi connectivity index (χ3v) is 4.07. The molecule has 108 valence electrons. The summed E-state index contributed by atoms with van der Waals surface area (Å²) < 4.78 is 15.0. The molecule has 1 unspecified atom stereocenters. The van der Waals surface area contributed by atoms with Crippen molar-refractivity contribution in [1.82, 2.24) is 15.1 Å². The minimum atomic E-state index is -0.186. The molecule has 1 heterocycles. The average molecular weight is 293 g/mol. The van der Waals surface area contributed by atoms with E-state index in [0.29, 0.717) is 0 Å². The second-order valence-corrected chi connectivity index (χ2v) is 5.82. The van der Waals surface area contributed by atoms with E-state index in [-0.39, 0.29) is 11.9 Å². The lowest BCUT2D eigenvalue weighted by Gasteiger charge is -2.16.